The third-order valence-corrected chi connectivity index (χ3v) is 2.00. The summed E-state index contributed by atoms with van der Waals surface area (Å²) in [4.78, 5) is 0. The van der Waals surface area contributed by atoms with Gasteiger partial charge in [-0.3, -0.25) is 0 Å². The van der Waals surface area contributed by atoms with Gasteiger partial charge < -0.3 is 5.11 Å². The van der Waals surface area contributed by atoms with Gasteiger partial charge in [0.2, 0.25) is 0 Å². The Bertz CT molecular complexity index is 158. The van der Waals surface area contributed by atoms with Gasteiger partial charge in [0.25, 0.3) is 0 Å². The van der Waals surface area contributed by atoms with Gasteiger partial charge in [0.15, 0.2) is 0 Å². The second-order valence-corrected chi connectivity index (χ2v) is 2.55. The molecular formula is C8H12O. The Morgan fingerprint density at radius 1 is 1.89 bits per heavy atom. The molecule has 50 valence electrons. The minimum absolute atomic E-state index is 0.681. The highest BCUT2D eigenvalue weighted by Gasteiger charge is 2.27. The van der Waals surface area contributed by atoms with Crippen LogP contribution in [0.5, 0.6) is 0 Å². The Hall–Kier alpha value is -0.560. The highest BCUT2D eigenvalue weighted by Crippen LogP contribution is 2.30. The summed E-state index contributed by atoms with van der Waals surface area (Å²) in [7, 11) is 0. The van der Waals surface area contributed by atoms with Crippen LogP contribution in [0.3, 0.4) is 0 Å². The SMILES string of the molecule is C=CC1(O)CCC=C1C. The van der Waals surface area contributed by atoms with E-state index in [1.54, 1.807) is 6.08 Å². The molecule has 9 heavy (non-hydrogen) atoms. The van der Waals surface area contributed by atoms with Crippen molar-refractivity contribution in [3.63, 3.8) is 0 Å². The summed E-state index contributed by atoms with van der Waals surface area (Å²) in [6.45, 7) is 5.51. The lowest BCUT2D eigenvalue weighted by Crippen LogP contribution is -2.22. The quantitative estimate of drug-likeness (QED) is 0.527. The van der Waals surface area contributed by atoms with Crippen molar-refractivity contribution in [3.05, 3.63) is 24.3 Å². The molecule has 0 aromatic rings. The summed E-state index contributed by atoms with van der Waals surface area (Å²) in [6.07, 6.45) is 5.46. The fourth-order valence-corrected chi connectivity index (χ4v) is 1.15. The largest absolute Gasteiger partial charge is 0.381 e. The standard InChI is InChI=1S/C8H12O/c1-3-8(9)6-4-5-7(8)2/h3,5,9H,1,4,6H2,2H3. The van der Waals surface area contributed by atoms with E-state index in [2.05, 4.69) is 12.7 Å². The Labute approximate surface area is 55.7 Å². The fourth-order valence-electron chi connectivity index (χ4n) is 1.15. The monoisotopic (exact) mass is 124 g/mol. The van der Waals surface area contributed by atoms with E-state index in [4.69, 9.17) is 0 Å². The van der Waals surface area contributed by atoms with Crippen molar-refractivity contribution in [1.29, 1.82) is 0 Å². The maximum atomic E-state index is 9.58. The van der Waals surface area contributed by atoms with Crippen LogP contribution in [-0.2, 0) is 0 Å². The molecule has 0 bridgehead atoms. The average molecular weight is 124 g/mol. The second kappa shape index (κ2) is 1.99. The van der Waals surface area contributed by atoms with Crippen molar-refractivity contribution in [2.45, 2.75) is 25.4 Å². The molecule has 0 fully saturated rings. The number of hydrogen-bond donors (Lipinski definition) is 1. The molecule has 0 spiro atoms. The van der Waals surface area contributed by atoms with E-state index >= 15 is 0 Å². The highest BCUT2D eigenvalue weighted by atomic mass is 16.3. The number of hydrogen-bond acceptors (Lipinski definition) is 1. The van der Waals surface area contributed by atoms with Gasteiger partial charge in [-0.1, -0.05) is 18.7 Å². The predicted octanol–water partition coefficient (Wildman–Crippen LogP) is 1.64. The van der Waals surface area contributed by atoms with Gasteiger partial charge in [0, 0.05) is 0 Å². The first-order valence-electron chi connectivity index (χ1n) is 3.22. The van der Waals surface area contributed by atoms with Crippen molar-refractivity contribution in [2.24, 2.45) is 0 Å². The van der Waals surface area contributed by atoms with Crippen LogP contribution in [0.15, 0.2) is 24.3 Å². The number of allylic oxidation sites excluding steroid dienone is 1. The molecule has 1 rings (SSSR count). The minimum atomic E-state index is -0.681. The summed E-state index contributed by atoms with van der Waals surface area (Å²) in [6, 6.07) is 0. The van der Waals surface area contributed by atoms with Gasteiger partial charge >= 0.3 is 0 Å². The third kappa shape index (κ3) is 0.924. The van der Waals surface area contributed by atoms with E-state index in [0.717, 1.165) is 18.4 Å². The fraction of sp³-hybridized carbons (Fsp3) is 0.500. The summed E-state index contributed by atoms with van der Waals surface area (Å²) in [5.41, 5.74) is 0.359. The van der Waals surface area contributed by atoms with E-state index in [0.29, 0.717) is 0 Å². The molecule has 1 aliphatic rings. The molecule has 0 saturated heterocycles. The highest BCUT2D eigenvalue weighted by molar-refractivity contribution is 5.26. The first-order valence-corrected chi connectivity index (χ1v) is 3.22. The van der Waals surface area contributed by atoms with Gasteiger partial charge in [0.05, 0.1) is 0 Å². The van der Waals surface area contributed by atoms with Crippen LogP contribution < -0.4 is 0 Å². The molecule has 0 aromatic heterocycles. The number of rotatable bonds is 1. The Kier molecular flexibility index (Phi) is 1.45. The molecule has 1 heteroatoms. The van der Waals surface area contributed by atoms with Crippen molar-refractivity contribution in [3.8, 4) is 0 Å². The van der Waals surface area contributed by atoms with Crippen LogP contribution in [0.25, 0.3) is 0 Å². The van der Waals surface area contributed by atoms with Gasteiger partial charge in [0.1, 0.15) is 5.60 Å². The third-order valence-electron chi connectivity index (χ3n) is 2.00. The molecule has 0 saturated carbocycles. The lowest BCUT2D eigenvalue weighted by molar-refractivity contribution is 0.131. The molecule has 0 heterocycles. The molecule has 1 unspecified atom stereocenters. The van der Waals surface area contributed by atoms with Crippen LogP contribution >= 0.6 is 0 Å². The zero-order valence-corrected chi connectivity index (χ0v) is 5.72. The van der Waals surface area contributed by atoms with Crippen LogP contribution in [0.2, 0.25) is 0 Å². The molecule has 1 nitrogen and oxygen atoms in total. The topological polar surface area (TPSA) is 20.2 Å². The van der Waals surface area contributed by atoms with Gasteiger partial charge in [-0.15, -0.1) is 0 Å². The van der Waals surface area contributed by atoms with Crippen molar-refractivity contribution in [2.75, 3.05) is 0 Å². The first kappa shape index (κ1) is 6.56. The summed E-state index contributed by atoms with van der Waals surface area (Å²) < 4.78 is 0. The molecule has 0 amide bonds. The zero-order chi connectivity index (χ0) is 6.91. The summed E-state index contributed by atoms with van der Waals surface area (Å²) in [5.74, 6) is 0. The average Bonchev–Trinajstić information content (AvgIpc) is 2.15. The van der Waals surface area contributed by atoms with Gasteiger partial charge in [-0.25, -0.2) is 0 Å². The predicted molar refractivity (Wildman–Crippen MR) is 38.1 cm³/mol. The van der Waals surface area contributed by atoms with Gasteiger partial charge in [-0.05, 0) is 25.3 Å². The normalized spacial score (nSPS) is 34.2. The van der Waals surface area contributed by atoms with Gasteiger partial charge in [-0.2, -0.15) is 0 Å². The molecular weight excluding hydrogens is 112 g/mol. The Morgan fingerprint density at radius 2 is 2.56 bits per heavy atom. The lowest BCUT2D eigenvalue weighted by Gasteiger charge is -2.18. The lowest BCUT2D eigenvalue weighted by atomic mass is 9.98. The smallest absolute Gasteiger partial charge is 0.103 e. The van der Waals surface area contributed by atoms with E-state index in [1.807, 2.05) is 6.92 Å². The van der Waals surface area contributed by atoms with Crippen molar-refractivity contribution in [1.82, 2.24) is 0 Å². The van der Waals surface area contributed by atoms with Crippen molar-refractivity contribution < 1.29 is 5.11 Å². The zero-order valence-electron chi connectivity index (χ0n) is 5.72. The molecule has 0 aliphatic heterocycles. The molecule has 0 aromatic carbocycles. The van der Waals surface area contributed by atoms with Crippen LogP contribution in [0, 0.1) is 0 Å². The Balaban J connectivity index is 2.82. The van der Waals surface area contributed by atoms with E-state index in [-0.39, 0.29) is 0 Å². The summed E-state index contributed by atoms with van der Waals surface area (Å²) in [5, 5.41) is 9.58. The van der Waals surface area contributed by atoms with E-state index < -0.39 is 5.60 Å². The second-order valence-electron chi connectivity index (χ2n) is 2.55. The maximum absolute atomic E-state index is 9.58. The van der Waals surface area contributed by atoms with E-state index in [9.17, 15) is 5.11 Å². The summed E-state index contributed by atoms with van der Waals surface area (Å²) >= 11 is 0. The Morgan fingerprint density at radius 3 is 2.78 bits per heavy atom. The maximum Gasteiger partial charge on any atom is 0.103 e. The molecule has 0 radical (unpaired) electrons. The minimum Gasteiger partial charge on any atom is -0.381 e. The van der Waals surface area contributed by atoms with Crippen LogP contribution in [0.4, 0.5) is 0 Å². The molecule has 1 atom stereocenters. The number of aliphatic hydroxyl groups is 1. The van der Waals surface area contributed by atoms with Crippen LogP contribution in [0.1, 0.15) is 19.8 Å². The molecule has 1 N–H and O–H groups in total. The van der Waals surface area contributed by atoms with Crippen molar-refractivity contribution >= 4 is 0 Å². The molecule has 1 aliphatic carbocycles. The first-order chi connectivity index (χ1) is 4.19. The van der Waals surface area contributed by atoms with Crippen LogP contribution in [-0.4, -0.2) is 10.7 Å². The van der Waals surface area contributed by atoms with E-state index in [1.165, 1.54) is 0 Å².